The lowest BCUT2D eigenvalue weighted by Crippen LogP contribution is -2.65. The fraction of sp³-hybridized carbons (Fsp3) is 0.889. The van der Waals surface area contributed by atoms with Gasteiger partial charge >= 0.3 is 0 Å². The molecule has 2 rings (SSSR count). The van der Waals surface area contributed by atoms with Crippen molar-refractivity contribution in [3.63, 3.8) is 0 Å². The van der Waals surface area contributed by atoms with Crippen LogP contribution in [0.25, 0.3) is 0 Å². The van der Waals surface area contributed by atoms with Gasteiger partial charge in [0.15, 0.2) is 12.6 Å². The van der Waals surface area contributed by atoms with Gasteiger partial charge in [-0.2, -0.15) is 0 Å². The zero-order chi connectivity index (χ0) is 56.0. The van der Waals surface area contributed by atoms with Crippen LogP contribution in [0.15, 0.2) is 36.5 Å². The molecule has 2 saturated heterocycles. The summed E-state index contributed by atoms with van der Waals surface area (Å²) in [7, 11) is 0. The Morgan fingerprint density at radius 3 is 1.27 bits per heavy atom. The maximum absolute atomic E-state index is 13.2. The molecule has 452 valence electrons. The van der Waals surface area contributed by atoms with Crippen molar-refractivity contribution in [3.8, 4) is 0 Å². The number of allylic oxidation sites excluding steroid dienone is 5. The lowest BCUT2D eigenvalue weighted by molar-refractivity contribution is -0.359. The van der Waals surface area contributed by atoms with E-state index in [0.717, 1.165) is 44.9 Å². The zero-order valence-corrected chi connectivity index (χ0v) is 48.7. The van der Waals surface area contributed by atoms with Crippen LogP contribution in [0.5, 0.6) is 0 Å². The molecule has 0 aromatic heterocycles. The van der Waals surface area contributed by atoms with Crippen LogP contribution >= 0.6 is 0 Å². The van der Waals surface area contributed by atoms with Gasteiger partial charge in [-0.05, 0) is 44.9 Å². The molecular weight excluding hydrogens is 979 g/mol. The summed E-state index contributed by atoms with van der Waals surface area (Å²) in [5.74, 6) is -0.250. The van der Waals surface area contributed by atoms with Gasteiger partial charge in [-0.15, -0.1) is 0 Å². The van der Waals surface area contributed by atoms with E-state index < -0.39 is 86.8 Å². The Morgan fingerprint density at radius 2 is 0.831 bits per heavy atom. The molecule has 0 aliphatic carbocycles. The van der Waals surface area contributed by atoms with Gasteiger partial charge in [0.05, 0.1) is 32.0 Å². The number of carbonyl (C=O) groups is 1. The number of ether oxygens (including phenoxy) is 4. The van der Waals surface area contributed by atoms with Gasteiger partial charge in [-0.3, -0.25) is 4.79 Å². The van der Waals surface area contributed by atoms with Crippen molar-refractivity contribution >= 4 is 5.91 Å². The Morgan fingerprint density at radius 1 is 0.455 bits per heavy atom. The predicted molar refractivity (Wildman–Crippen MR) is 309 cm³/mol. The van der Waals surface area contributed by atoms with Gasteiger partial charge < -0.3 is 65.1 Å². The molecule has 2 heterocycles. The van der Waals surface area contributed by atoms with Crippen LogP contribution in [0.2, 0.25) is 0 Å². The molecule has 12 unspecified atom stereocenters. The van der Waals surface area contributed by atoms with Crippen molar-refractivity contribution in [2.24, 2.45) is 0 Å². The third kappa shape index (κ3) is 34.3. The van der Waals surface area contributed by atoms with Crippen LogP contribution in [0, 0.1) is 0 Å². The van der Waals surface area contributed by atoms with Gasteiger partial charge in [0.2, 0.25) is 5.91 Å². The van der Waals surface area contributed by atoms with E-state index in [1.165, 1.54) is 186 Å². The number of hydrogen-bond acceptors (Lipinski definition) is 13. The Bertz CT molecular complexity index is 1430. The van der Waals surface area contributed by atoms with Crippen molar-refractivity contribution in [2.75, 3.05) is 19.8 Å². The summed E-state index contributed by atoms with van der Waals surface area (Å²) in [6.45, 7) is 2.80. The number of hydrogen-bond donors (Lipinski definition) is 9. The highest BCUT2D eigenvalue weighted by atomic mass is 16.7. The van der Waals surface area contributed by atoms with E-state index in [4.69, 9.17) is 18.9 Å². The Hall–Kier alpha value is -1.79. The van der Waals surface area contributed by atoms with Crippen LogP contribution in [0.1, 0.15) is 264 Å². The van der Waals surface area contributed by atoms with Gasteiger partial charge in [0.1, 0.15) is 48.8 Å². The molecule has 77 heavy (non-hydrogen) atoms. The van der Waals surface area contributed by atoms with Crippen molar-refractivity contribution < 1.29 is 64.6 Å². The van der Waals surface area contributed by atoms with E-state index in [9.17, 15) is 45.6 Å². The zero-order valence-electron chi connectivity index (χ0n) is 48.7. The van der Waals surface area contributed by atoms with E-state index >= 15 is 0 Å². The second kappa shape index (κ2) is 48.9. The molecule has 2 fully saturated rings. The first kappa shape index (κ1) is 71.3. The molecule has 1 amide bonds. The number of amides is 1. The topological polar surface area (TPSA) is 228 Å². The SMILES string of the molecule is CCCCCCCCCCCCCCCCCCC/C=C/CC/C=C/CC/C=C/C(O)C(COC1OC(CO)C(OC2OC(CO)C(O)C(O)C2O)C(O)C1O)NC(=O)CCCCCCCCCCCCCCCCCC. The largest absolute Gasteiger partial charge is 0.394 e. The fourth-order valence-electron chi connectivity index (χ4n) is 10.4. The first-order chi connectivity index (χ1) is 37.6. The molecule has 0 spiro atoms. The monoisotopic (exact) mass is 1100 g/mol. The molecule has 14 nitrogen and oxygen atoms in total. The van der Waals surface area contributed by atoms with Gasteiger partial charge in [0, 0.05) is 6.42 Å². The van der Waals surface area contributed by atoms with Crippen molar-refractivity contribution in [1.82, 2.24) is 5.32 Å². The molecule has 9 N–H and O–H groups in total. The number of rotatable bonds is 51. The van der Waals surface area contributed by atoms with E-state index in [-0.39, 0.29) is 18.9 Å². The minimum absolute atomic E-state index is 0.250. The molecule has 2 aliphatic heterocycles. The first-order valence-electron chi connectivity index (χ1n) is 31.7. The molecule has 0 bridgehead atoms. The molecule has 0 saturated carbocycles. The summed E-state index contributed by atoms with van der Waals surface area (Å²) in [5.41, 5.74) is 0. The summed E-state index contributed by atoms with van der Waals surface area (Å²) >= 11 is 0. The normalized spacial score (nSPS) is 24.9. The van der Waals surface area contributed by atoms with Crippen LogP contribution in [0.4, 0.5) is 0 Å². The van der Waals surface area contributed by atoms with E-state index in [0.29, 0.717) is 12.8 Å². The lowest BCUT2D eigenvalue weighted by atomic mass is 9.97. The Kier molecular flexibility index (Phi) is 45.3. The minimum Gasteiger partial charge on any atom is -0.394 e. The average Bonchev–Trinajstić information content (AvgIpc) is 3.43. The second-order valence-corrected chi connectivity index (χ2v) is 22.5. The summed E-state index contributed by atoms with van der Waals surface area (Å²) in [6, 6.07) is -0.935. The Balaban J connectivity index is 1.75. The van der Waals surface area contributed by atoms with Gasteiger partial charge in [-0.25, -0.2) is 0 Å². The number of aliphatic hydroxyl groups is 8. The molecule has 0 aromatic carbocycles. The quantitative estimate of drug-likeness (QED) is 0.0204. The fourth-order valence-corrected chi connectivity index (χ4v) is 10.4. The van der Waals surface area contributed by atoms with Gasteiger partial charge in [0.25, 0.3) is 0 Å². The lowest BCUT2D eigenvalue weighted by Gasteiger charge is -2.46. The van der Waals surface area contributed by atoms with Crippen LogP contribution in [-0.2, 0) is 23.7 Å². The third-order valence-electron chi connectivity index (χ3n) is 15.6. The number of carbonyl (C=O) groups excluding carboxylic acids is 1. The number of nitrogens with one attached hydrogen (secondary N) is 1. The van der Waals surface area contributed by atoms with Crippen LogP contribution in [-0.4, -0.2) is 140 Å². The standard InChI is InChI=1S/C63H117NO13/c1-3-5-7-9-11-13-15-17-19-21-22-23-24-25-26-27-28-29-30-31-32-34-36-38-40-42-44-46-52(67)51(64-55(68)47-45-43-41-39-37-35-33-20-18-16-14-12-10-8-6-4-2)50-74-62-60(73)58(71)61(54(49-66)76-62)77-63-59(72)57(70)56(69)53(48-65)75-63/h30-31,36,38,44,46,51-54,56-63,65-67,69-73H,3-29,32-35,37,39-43,45,47-50H2,1-2H3,(H,64,68)/b31-30+,38-36+,46-44+. The van der Waals surface area contributed by atoms with Crippen molar-refractivity contribution in [1.29, 1.82) is 0 Å². The van der Waals surface area contributed by atoms with Crippen LogP contribution in [0.3, 0.4) is 0 Å². The summed E-state index contributed by atoms with van der Waals surface area (Å²) in [5, 5.41) is 87.1. The second-order valence-electron chi connectivity index (χ2n) is 22.5. The molecule has 0 radical (unpaired) electrons. The maximum Gasteiger partial charge on any atom is 0.220 e. The van der Waals surface area contributed by atoms with Crippen molar-refractivity contribution in [3.05, 3.63) is 36.5 Å². The maximum atomic E-state index is 13.2. The van der Waals surface area contributed by atoms with E-state index in [2.05, 4.69) is 43.5 Å². The average molecular weight is 1100 g/mol. The summed E-state index contributed by atoms with van der Waals surface area (Å²) in [4.78, 5) is 13.2. The van der Waals surface area contributed by atoms with E-state index in [1.54, 1.807) is 6.08 Å². The molecule has 0 aromatic rings. The van der Waals surface area contributed by atoms with Gasteiger partial charge in [-0.1, -0.05) is 249 Å². The summed E-state index contributed by atoms with van der Waals surface area (Å²) < 4.78 is 22.8. The Labute approximate surface area is 468 Å². The molecule has 14 heteroatoms. The first-order valence-corrected chi connectivity index (χ1v) is 31.7. The van der Waals surface area contributed by atoms with Crippen LogP contribution < -0.4 is 5.32 Å². The number of aliphatic hydroxyl groups excluding tert-OH is 8. The van der Waals surface area contributed by atoms with E-state index in [1.807, 2.05) is 6.08 Å². The van der Waals surface area contributed by atoms with Crippen molar-refractivity contribution in [2.45, 2.75) is 338 Å². The molecular formula is C63H117NO13. The smallest absolute Gasteiger partial charge is 0.220 e. The molecule has 12 atom stereocenters. The third-order valence-corrected chi connectivity index (χ3v) is 15.6. The summed E-state index contributed by atoms with van der Waals surface area (Å²) in [6.07, 6.45) is 43.4. The number of unbranched alkanes of at least 4 members (excludes halogenated alkanes) is 34. The predicted octanol–water partition coefficient (Wildman–Crippen LogP) is 11.4. The highest BCUT2D eigenvalue weighted by Gasteiger charge is 2.51. The highest BCUT2D eigenvalue weighted by molar-refractivity contribution is 5.76. The highest BCUT2D eigenvalue weighted by Crippen LogP contribution is 2.30. The molecule has 2 aliphatic rings. The minimum atomic E-state index is -1.79.